The summed E-state index contributed by atoms with van der Waals surface area (Å²) >= 11 is 0. The van der Waals surface area contributed by atoms with Gasteiger partial charge in [-0.05, 0) is 218 Å². The summed E-state index contributed by atoms with van der Waals surface area (Å²) in [7, 11) is 0. The monoisotopic (exact) mass is 1480 g/mol. The zero-order valence-corrected chi connectivity index (χ0v) is 68.7. The predicted molar refractivity (Wildman–Crippen MR) is 496 cm³/mol. The van der Waals surface area contributed by atoms with Gasteiger partial charge in [-0.15, -0.1) is 0 Å². The van der Waals surface area contributed by atoms with Gasteiger partial charge in [0.15, 0.2) is 0 Å². The van der Waals surface area contributed by atoms with Gasteiger partial charge in [-0.1, -0.05) is 316 Å². The van der Waals surface area contributed by atoms with Crippen molar-refractivity contribution in [3.8, 4) is 66.8 Å². The Hall–Kier alpha value is -12.4. The SMILES string of the molecule is CC(C)(C)c1cc(-c2ccc(N3c4cc(-c5cc(C(C)(C)C)cc(C(C)(C)C)c5)ccc4B4c5ccc(-c6cc7c8ccccc8n8c9ccccc9c(c6)c78)cc5N(c5c(-c6ccccc6)cc(C(C)(C)C)cc5-c5ccccc5)c5cc(-c6ccc7c(c6)c6cccc8c9ccccc9n7c86)cc3c54)cc2)cc(C(C)(C)C)c1. The fourth-order valence-electron chi connectivity index (χ4n) is 19.4. The molecule has 4 aromatic heterocycles. The normalized spacial score (nSPS) is 13.5. The number of anilines is 6. The Kier molecular flexibility index (Phi) is 15.3. The molecular formula is C110H95BN4. The molecule has 0 saturated heterocycles. The average Bonchev–Trinajstić information content (AvgIpc) is 1.58. The number of fused-ring (bicyclic) bond motifs is 16. The Bertz CT molecular complexity index is 7010. The molecule has 0 unspecified atom stereocenters. The van der Waals surface area contributed by atoms with Gasteiger partial charge in [0.2, 0.25) is 0 Å². The third kappa shape index (κ3) is 11.1. The van der Waals surface area contributed by atoms with Crippen molar-refractivity contribution >= 4 is 133 Å². The summed E-state index contributed by atoms with van der Waals surface area (Å²) in [5.41, 5.74) is 38.3. The molecule has 0 N–H and O–H groups in total. The largest absolute Gasteiger partial charge is 0.311 e. The highest BCUT2D eigenvalue weighted by atomic mass is 15.2. The van der Waals surface area contributed by atoms with Gasteiger partial charge >= 0.3 is 0 Å². The first-order valence-electron chi connectivity index (χ1n) is 41.3. The lowest BCUT2D eigenvalue weighted by Crippen LogP contribution is -2.61. The van der Waals surface area contributed by atoms with E-state index in [0.717, 1.165) is 61.9 Å². The van der Waals surface area contributed by atoms with Crippen LogP contribution in [0.25, 0.3) is 143 Å². The van der Waals surface area contributed by atoms with Crippen molar-refractivity contribution in [1.82, 2.24) is 8.80 Å². The van der Waals surface area contributed by atoms with Gasteiger partial charge in [0, 0.05) is 82.7 Å². The molecule has 0 atom stereocenters. The number of hydrogen-bond donors (Lipinski definition) is 0. The van der Waals surface area contributed by atoms with E-state index in [1.807, 2.05) is 0 Å². The first-order chi connectivity index (χ1) is 55.2. The predicted octanol–water partition coefficient (Wildman–Crippen LogP) is 28.6. The van der Waals surface area contributed by atoms with E-state index in [4.69, 9.17) is 0 Å². The van der Waals surface area contributed by atoms with E-state index in [1.165, 1.54) is 159 Å². The molecule has 4 nitrogen and oxygen atoms in total. The fraction of sp³-hybridized carbons (Fsp3) is 0.182. The van der Waals surface area contributed by atoms with Crippen LogP contribution in [0.4, 0.5) is 34.1 Å². The minimum atomic E-state index is -0.225. The molecule has 15 aromatic carbocycles. The van der Waals surface area contributed by atoms with Gasteiger partial charge < -0.3 is 18.6 Å². The molecule has 0 radical (unpaired) electrons. The van der Waals surface area contributed by atoms with Crippen LogP contribution in [-0.4, -0.2) is 15.5 Å². The maximum absolute atomic E-state index is 2.75. The molecule has 5 heteroatoms. The van der Waals surface area contributed by atoms with Crippen LogP contribution in [-0.2, 0) is 27.1 Å². The fourth-order valence-corrected chi connectivity index (χ4v) is 19.4. The minimum Gasteiger partial charge on any atom is -0.311 e. The van der Waals surface area contributed by atoms with Gasteiger partial charge in [0.05, 0.1) is 38.8 Å². The second kappa shape index (κ2) is 25.0. The Morgan fingerprint density at radius 2 is 0.548 bits per heavy atom. The summed E-state index contributed by atoms with van der Waals surface area (Å²) in [6, 6.07) is 118. The maximum Gasteiger partial charge on any atom is 0.252 e. The lowest BCUT2D eigenvalue weighted by molar-refractivity contribution is 0.568. The van der Waals surface area contributed by atoms with Crippen LogP contribution >= 0.6 is 0 Å². The van der Waals surface area contributed by atoms with Crippen molar-refractivity contribution in [2.45, 2.75) is 131 Å². The Balaban J connectivity index is 0.905. The van der Waals surface area contributed by atoms with E-state index in [9.17, 15) is 0 Å². The minimum absolute atomic E-state index is 0.0518. The van der Waals surface area contributed by atoms with E-state index in [0.29, 0.717) is 0 Å². The molecule has 2 aliphatic heterocycles. The van der Waals surface area contributed by atoms with Crippen LogP contribution in [0.15, 0.2) is 303 Å². The molecule has 0 spiro atoms. The Labute approximate surface area is 676 Å². The molecule has 0 saturated carbocycles. The highest BCUT2D eigenvalue weighted by Crippen LogP contribution is 2.55. The molecule has 0 fully saturated rings. The van der Waals surface area contributed by atoms with Gasteiger partial charge in [0.1, 0.15) is 0 Å². The number of benzene rings is 15. The third-order valence-electron chi connectivity index (χ3n) is 25.7. The van der Waals surface area contributed by atoms with Crippen molar-refractivity contribution in [2.24, 2.45) is 0 Å². The van der Waals surface area contributed by atoms with E-state index in [1.54, 1.807) is 0 Å². The van der Waals surface area contributed by atoms with Crippen LogP contribution in [0.3, 0.4) is 0 Å². The number of para-hydroxylation sites is 4. The highest BCUT2D eigenvalue weighted by Gasteiger charge is 2.46. The summed E-state index contributed by atoms with van der Waals surface area (Å²) in [6.45, 7) is 35.1. The molecule has 0 bridgehead atoms. The van der Waals surface area contributed by atoms with E-state index >= 15 is 0 Å². The molecule has 558 valence electrons. The van der Waals surface area contributed by atoms with Crippen molar-refractivity contribution < 1.29 is 0 Å². The smallest absolute Gasteiger partial charge is 0.252 e. The number of hydrogen-bond acceptors (Lipinski definition) is 2. The molecule has 0 aliphatic carbocycles. The van der Waals surface area contributed by atoms with Crippen LogP contribution in [0.2, 0.25) is 0 Å². The lowest BCUT2D eigenvalue weighted by atomic mass is 9.33. The van der Waals surface area contributed by atoms with Crippen LogP contribution in [0.5, 0.6) is 0 Å². The highest BCUT2D eigenvalue weighted by molar-refractivity contribution is 7.00. The van der Waals surface area contributed by atoms with Gasteiger partial charge in [-0.2, -0.15) is 0 Å². The lowest BCUT2D eigenvalue weighted by Gasteiger charge is -2.45. The van der Waals surface area contributed by atoms with Crippen molar-refractivity contribution in [1.29, 1.82) is 0 Å². The van der Waals surface area contributed by atoms with Crippen LogP contribution < -0.4 is 26.2 Å². The van der Waals surface area contributed by atoms with Crippen molar-refractivity contribution in [2.75, 3.05) is 9.80 Å². The summed E-state index contributed by atoms with van der Waals surface area (Å²) in [5, 5.41) is 10.1. The summed E-state index contributed by atoms with van der Waals surface area (Å²) in [5.74, 6) is 0. The van der Waals surface area contributed by atoms with Crippen molar-refractivity contribution in [3.63, 3.8) is 0 Å². The molecule has 2 aliphatic rings. The van der Waals surface area contributed by atoms with Crippen molar-refractivity contribution in [3.05, 3.63) is 331 Å². The summed E-state index contributed by atoms with van der Waals surface area (Å²) < 4.78 is 5.02. The molecule has 19 aromatic rings. The summed E-state index contributed by atoms with van der Waals surface area (Å²) in [6.07, 6.45) is 0. The number of aromatic nitrogens is 2. The van der Waals surface area contributed by atoms with E-state index < -0.39 is 0 Å². The standard InChI is InChI=1S/C110H95BN4/c1-106(2,3)76-51-72(52-77(62-76)107(4,5)6)66-41-46-81(47-42-66)112-98-58-70(73-53-78(108(7,8)9)63-79(54-73)109(10,11)12)43-48-92(98)111-93-49-44-71(74-56-90-83-34-23-26-39-95(83)113-96-40-27-24-35-84(96)91(57-74)105(90)113)59-99(93)115(104-87(67-29-18-16-19-30-67)64-80(110(13,14)15)65-88(104)68-31-20-17-21-32-68)101-61-75(60-100(112)102(101)111)69-45-50-97-89(55-69)86-37-28-36-85-82-33-22-25-38-94(82)114(97)103(85)86/h16-65H,1-15H3. The maximum atomic E-state index is 2.75. The second-order valence-electron chi connectivity index (χ2n) is 38.2. The topological polar surface area (TPSA) is 15.3 Å². The zero-order valence-electron chi connectivity index (χ0n) is 68.7. The number of rotatable bonds is 8. The van der Waals surface area contributed by atoms with Gasteiger partial charge in [-0.3, -0.25) is 0 Å². The summed E-state index contributed by atoms with van der Waals surface area (Å²) in [4.78, 5) is 5.42. The van der Waals surface area contributed by atoms with Crippen LogP contribution in [0.1, 0.15) is 132 Å². The van der Waals surface area contributed by atoms with Gasteiger partial charge in [0.25, 0.3) is 6.71 Å². The van der Waals surface area contributed by atoms with Crippen LogP contribution in [0, 0.1) is 0 Å². The molecule has 0 amide bonds. The van der Waals surface area contributed by atoms with E-state index in [2.05, 4.69) is 426 Å². The zero-order chi connectivity index (χ0) is 78.8. The first-order valence-corrected chi connectivity index (χ1v) is 41.3. The second-order valence-corrected chi connectivity index (χ2v) is 38.2. The quantitative estimate of drug-likeness (QED) is 0.141. The third-order valence-corrected chi connectivity index (χ3v) is 25.7. The molecule has 6 heterocycles. The average molecular weight is 1480 g/mol. The number of nitrogens with zero attached hydrogens (tertiary/aromatic N) is 4. The van der Waals surface area contributed by atoms with E-state index in [-0.39, 0.29) is 33.8 Å². The van der Waals surface area contributed by atoms with Gasteiger partial charge in [-0.25, -0.2) is 0 Å². The first kappa shape index (κ1) is 70.4. The Morgan fingerprint density at radius 3 is 1.03 bits per heavy atom. The Morgan fingerprint density at radius 1 is 0.217 bits per heavy atom. The molecule has 115 heavy (non-hydrogen) atoms. The molecular weight excluding hydrogens is 1390 g/mol. The molecule has 21 rings (SSSR count).